The van der Waals surface area contributed by atoms with Crippen molar-refractivity contribution in [2.45, 2.75) is 0 Å². The van der Waals surface area contributed by atoms with E-state index in [9.17, 15) is 8.78 Å². The average molecular weight is 227 g/mol. The molecule has 76 valence electrons. The minimum atomic E-state index is -0.688. The van der Waals surface area contributed by atoms with Gasteiger partial charge in [-0.2, -0.15) is 0 Å². The van der Waals surface area contributed by atoms with Crippen molar-refractivity contribution in [1.29, 1.82) is 0 Å². The van der Waals surface area contributed by atoms with Crippen LogP contribution in [0.2, 0.25) is 5.15 Å². The number of benzene rings is 1. The van der Waals surface area contributed by atoms with Gasteiger partial charge in [0.05, 0.1) is 18.1 Å². The third kappa shape index (κ3) is 2.10. The summed E-state index contributed by atoms with van der Waals surface area (Å²) in [6.45, 7) is 0. The molecule has 2 nitrogen and oxygen atoms in total. The summed E-state index contributed by atoms with van der Waals surface area (Å²) in [4.78, 5) is 7.64. The predicted molar refractivity (Wildman–Crippen MR) is 52.4 cm³/mol. The molecule has 0 atom stereocenters. The molecule has 0 aliphatic heterocycles. The summed E-state index contributed by atoms with van der Waals surface area (Å²) in [6.07, 6.45) is 2.70. The van der Waals surface area contributed by atoms with Crippen LogP contribution in [0.5, 0.6) is 0 Å². The molecule has 0 spiro atoms. The normalized spacial score (nSPS) is 10.3. The van der Waals surface area contributed by atoms with Gasteiger partial charge in [-0.3, -0.25) is 4.98 Å². The molecule has 0 N–H and O–H groups in total. The van der Waals surface area contributed by atoms with Gasteiger partial charge in [-0.05, 0) is 12.1 Å². The zero-order chi connectivity index (χ0) is 10.8. The van der Waals surface area contributed by atoms with Crippen molar-refractivity contribution in [2.75, 3.05) is 0 Å². The minimum Gasteiger partial charge on any atom is -0.259 e. The van der Waals surface area contributed by atoms with Crippen molar-refractivity contribution in [3.63, 3.8) is 0 Å². The summed E-state index contributed by atoms with van der Waals surface area (Å²) in [5, 5.41) is 0.163. The third-order valence-corrected chi connectivity index (χ3v) is 1.99. The maximum atomic E-state index is 13.3. The zero-order valence-electron chi connectivity index (χ0n) is 7.42. The minimum absolute atomic E-state index is 0.163. The molecule has 0 unspecified atom stereocenters. The number of halogens is 3. The van der Waals surface area contributed by atoms with Crippen LogP contribution in [0.25, 0.3) is 11.3 Å². The molecule has 0 aliphatic rings. The van der Waals surface area contributed by atoms with Crippen LogP contribution < -0.4 is 0 Å². The predicted octanol–water partition coefficient (Wildman–Crippen LogP) is 3.08. The zero-order valence-corrected chi connectivity index (χ0v) is 8.17. The van der Waals surface area contributed by atoms with E-state index in [0.717, 1.165) is 12.1 Å². The number of nitrogens with zero attached hydrogens (tertiary/aromatic N) is 2. The summed E-state index contributed by atoms with van der Waals surface area (Å²) in [5.41, 5.74) is 0.450. The molecule has 5 heteroatoms. The van der Waals surface area contributed by atoms with Crippen LogP contribution >= 0.6 is 11.6 Å². The van der Waals surface area contributed by atoms with E-state index in [-0.39, 0.29) is 16.4 Å². The van der Waals surface area contributed by atoms with Gasteiger partial charge in [0.2, 0.25) is 0 Å². The Kier molecular flexibility index (Phi) is 2.60. The standard InChI is InChI=1S/C10H5ClF2N2/c11-10-5-14-4-9(15-10)7-2-1-6(12)3-8(7)13/h1-5H. The van der Waals surface area contributed by atoms with E-state index in [1.54, 1.807) is 0 Å². The molecule has 0 saturated carbocycles. The Labute approximate surface area is 89.6 Å². The third-order valence-electron chi connectivity index (χ3n) is 1.81. The molecule has 2 rings (SSSR count). The largest absolute Gasteiger partial charge is 0.259 e. The van der Waals surface area contributed by atoms with Crippen molar-refractivity contribution in [1.82, 2.24) is 9.97 Å². The van der Waals surface area contributed by atoms with E-state index >= 15 is 0 Å². The average Bonchev–Trinajstić information content (AvgIpc) is 2.17. The maximum absolute atomic E-state index is 13.3. The molecule has 0 aliphatic carbocycles. The summed E-state index contributed by atoms with van der Waals surface area (Å²) in [7, 11) is 0. The second-order valence-corrected chi connectivity index (χ2v) is 3.24. The van der Waals surface area contributed by atoms with E-state index in [4.69, 9.17) is 11.6 Å². The molecule has 0 fully saturated rings. The highest BCUT2D eigenvalue weighted by Gasteiger charge is 2.08. The van der Waals surface area contributed by atoms with E-state index in [1.807, 2.05) is 0 Å². The number of rotatable bonds is 1. The molecule has 1 aromatic carbocycles. The lowest BCUT2D eigenvalue weighted by atomic mass is 10.1. The Balaban J connectivity index is 2.54. The van der Waals surface area contributed by atoms with Crippen LogP contribution in [0.4, 0.5) is 8.78 Å². The van der Waals surface area contributed by atoms with Crippen LogP contribution in [0.1, 0.15) is 0 Å². The number of hydrogen-bond donors (Lipinski definition) is 0. The molecular formula is C10H5ClF2N2. The lowest BCUT2D eigenvalue weighted by Crippen LogP contribution is -1.90. The quantitative estimate of drug-likeness (QED) is 0.747. The van der Waals surface area contributed by atoms with E-state index < -0.39 is 11.6 Å². The molecule has 1 aromatic heterocycles. The molecular weight excluding hydrogens is 222 g/mol. The molecule has 2 aromatic rings. The highest BCUT2D eigenvalue weighted by Crippen LogP contribution is 2.21. The second kappa shape index (κ2) is 3.90. The molecule has 15 heavy (non-hydrogen) atoms. The Morgan fingerprint density at radius 1 is 1.13 bits per heavy atom. The van der Waals surface area contributed by atoms with Crippen LogP contribution in [0, 0.1) is 11.6 Å². The monoisotopic (exact) mass is 226 g/mol. The van der Waals surface area contributed by atoms with Crippen molar-refractivity contribution < 1.29 is 8.78 Å². The maximum Gasteiger partial charge on any atom is 0.148 e. The first-order chi connectivity index (χ1) is 7.16. The summed E-state index contributed by atoms with van der Waals surface area (Å²) >= 11 is 5.61. The van der Waals surface area contributed by atoms with Crippen molar-refractivity contribution in [3.8, 4) is 11.3 Å². The highest BCUT2D eigenvalue weighted by atomic mass is 35.5. The van der Waals surface area contributed by atoms with Gasteiger partial charge < -0.3 is 0 Å². The van der Waals surface area contributed by atoms with Crippen LogP contribution in [0.15, 0.2) is 30.6 Å². The smallest absolute Gasteiger partial charge is 0.148 e. The topological polar surface area (TPSA) is 25.8 Å². The number of hydrogen-bond acceptors (Lipinski definition) is 2. The fourth-order valence-corrected chi connectivity index (χ4v) is 1.32. The Bertz CT molecular complexity index is 503. The summed E-state index contributed by atoms with van der Waals surface area (Å²) < 4.78 is 26.0. The van der Waals surface area contributed by atoms with Gasteiger partial charge in [-0.25, -0.2) is 13.8 Å². The van der Waals surface area contributed by atoms with Gasteiger partial charge in [0.15, 0.2) is 0 Å². The molecule has 0 bridgehead atoms. The highest BCUT2D eigenvalue weighted by molar-refractivity contribution is 6.29. The summed E-state index contributed by atoms with van der Waals surface area (Å²) in [6, 6.07) is 3.24. The fraction of sp³-hybridized carbons (Fsp3) is 0. The first-order valence-electron chi connectivity index (χ1n) is 4.10. The Hall–Kier alpha value is -1.55. The van der Waals surface area contributed by atoms with Gasteiger partial charge in [-0.15, -0.1) is 0 Å². The number of aromatic nitrogens is 2. The molecule has 1 heterocycles. The van der Waals surface area contributed by atoms with Gasteiger partial charge in [0, 0.05) is 11.6 Å². The molecule has 0 radical (unpaired) electrons. The Morgan fingerprint density at radius 3 is 2.60 bits per heavy atom. The van der Waals surface area contributed by atoms with Gasteiger partial charge in [0.1, 0.15) is 16.8 Å². The van der Waals surface area contributed by atoms with Crippen LogP contribution in [-0.2, 0) is 0 Å². The fourth-order valence-electron chi connectivity index (χ4n) is 1.17. The Morgan fingerprint density at radius 2 is 1.93 bits per heavy atom. The van der Waals surface area contributed by atoms with Crippen molar-refractivity contribution in [3.05, 3.63) is 47.4 Å². The van der Waals surface area contributed by atoms with Gasteiger partial charge in [0.25, 0.3) is 0 Å². The van der Waals surface area contributed by atoms with E-state index in [2.05, 4.69) is 9.97 Å². The first-order valence-corrected chi connectivity index (χ1v) is 4.47. The van der Waals surface area contributed by atoms with Crippen LogP contribution in [-0.4, -0.2) is 9.97 Å². The lowest BCUT2D eigenvalue weighted by molar-refractivity contribution is 0.585. The van der Waals surface area contributed by atoms with Gasteiger partial charge in [-0.1, -0.05) is 11.6 Å². The van der Waals surface area contributed by atoms with E-state index in [1.165, 1.54) is 18.5 Å². The van der Waals surface area contributed by atoms with Gasteiger partial charge >= 0.3 is 0 Å². The van der Waals surface area contributed by atoms with Crippen LogP contribution in [0.3, 0.4) is 0 Å². The van der Waals surface area contributed by atoms with Crippen molar-refractivity contribution in [2.24, 2.45) is 0 Å². The summed E-state index contributed by atoms with van der Waals surface area (Å²) in [5.74, 6) is -1.32. The SMILES string of the molecule is Fc1ccc(-c2cncc(Cl)n2)c(F)c1. The lowest BCUT2D eigenvalue weighted by Gasteiger charge is -2.01. The molecule has 0 amide bonds. The molecule has 0 saturated heterocycles. The first kappa shape index (κ1) is 9.98. The van der Waals surface area contributed by atoms with Crippen molar-refractivity contribution >= 4 is 11.6 Å². The second-order valence-electron chi connectivity index (χ2n) is 2.85. The van der Waals surface area contributed by atoms with E-state index in [0.29, 0.717) is 0 Å².